The molecule has 0 aliphatic carbocycles. The van der Waals surface area contributed by atoms with Crippen molar-refractivity contribution in [1.29, 1.82) is 0 Å². The second-order valence-corrected chi connectivity index (χ2v) is 10.4. The first-order chi connectivity index (χ1) is 15.8. The lowest BCUT2D eigenvalue weighted by molar-refractivity contribution is -0.131. The Labute approximate surface area is 194 Å². The lowest BCUT2D eigenvalue weighted by Gasteiger charge is -2.16. The number of primary amides is 1. The van der Waals surface area contributed by atoms with Gasteiger partial charge in [-0.05, 0) is 35.4 Å². The summed E-state index contributed by atoms with van der Waals surface area (Å²) in [5.41, 5.74) is 9.01. The van der Waals surface area contributed by atoms with Gasteiger partial charge in [-0.25, -0.2) is 0 Å². The predicted molar refractivity (Wildman–Crippen MR) is 131 cm³/mol. The number of aliphatic hydroxyl groups is 1. The van der Waals surface area contributed by atoms with Gasteiger partial charge < -0.3 is 20.1 Å². The second-order valence-electron chi connectivity index (χ2n) is 8.37. The van der Waals surface area contributed by atoms with Crippen molar-refractivity contribution in [3.8, 4) is 5.75 Å². The molecule has 4 rings (SSSR count). The van der Waals surface area contributed by atoms with E-state index < -0.39 is 17.6 Å². The maximum absolute atomic E-state index is 12.3. The van der Waals surface area contributed by atoms with E-state index in [0.29, 0.717) is 39.7 Å². The minimum atomic E-state index is -0.692. The Morgan fingerprint density at radius 3 is 2.39 bits per heavy atom. The van der Waals surface area contributed by atoms with Crippen LogP contribution in [0.25, 0.3) is 21.8 Å². The summed E-state index contributed by atoms with van der Waals surface area (Å²) in [7, 11) is 0.288. The summed E-state index contributed by atoms with van der Waals surface area (Å²) in [5, 5.41) is 12.2. The van der Waals surface area contributed by atoms with Crippen LogP contribution >= 0.6 is 0 Å². The number of esters is 1. The van der Waals surface area contributed by atoms with Gasteiger partial charge in [0, 0.05) is 24.4 Å². The third kappa shape index (κ3) is 4.55. The number of fused-ring (bicyclic) bond motifs is 3. The molecule has 0 fully saturated rings. The van der Waals surface area contributed by atoms with E-state index in [-0.39, 0.29) is 9.52 Å². The fourth-order valence-corrected chi connectivity index (χ4v) is 5.18. The maximum Gasteiger partial charge on any atom is 0.308 e. The van der Waals surface area contributed by atoms with E-state index in [2.05, 4.69) is 18.4 Å². The molecule has 1 aromatic heterocycles. The first-order valence-electron chi connectivity index (χ1n) is 10.8. The molecule has 0 spiro atoms. The van der Waals surface area contributed by atoms with Gasteiger partial charge in [0.2, 0.25) is 5.91 Å². The molecule has 3 N–H and O–H groups in total. The number of amides is 1. The molecule has 3 aromatic carbocycles. The zero-order chi connectivity index (χ0) is 23.7. The van der Waals surface area contributed by atoms with E-state index in [0.717, 1.165) is 16.6 Å². The average Bonchev–Trinajstić information content (AvgIpc) is 3.07. The largest absolute Gasteiger partial charge is 0.426 e. The highest BCUT2D eigenvalue weighted by Crippen LogP contribution is 2.40. The van der Waals surface area contributed by atoms with E-state index in [9.17, 15) is 14.7 Å². The Bertz CT molecular complexity index is 1350. The lowest BCUT2D eigenvalue weighted by Crippen LogP contribution is -2.12. The summed E-state index contributed by atoms with van der Waals surface area (Å²) in [6.45, 7) is 5.98. The molecule has 0 bridgehead atoms. The molecule has 0 aliphatic heterocycles. The third-order valence-corrected chi connectivity index (χ3v) is 6.80. The zero-order valence-electron chi connectivity index (χ0n) is 18.8. The van der Waals surface area contributed by atoms with Crippen molar-refractivity contribution in [2.45, 2.75) is 38.6 Å². The van der Waals surface area contributed by atoms with Crippen LogP contribution in [-0.4, -0.2) is 31.1 Å². The van der Waals surface area contributed by atoms with Crippen LogP contribution in [-0.2, 0) is 11.3 Å². The van der Waals surface area contributed by atoms with Gasteiger partial charge in [-0.1, -0.05) is 55.8 Å². The molecular formula is C26H26N2O4Si. The maximum atomic E-state index is 12.3. The standard InChI is InChI=1S/C26H26N2O4Si/c1-15(2)33-26(31)18-12-21-24(22(13-18)32-16(3)29)23-19(25(27)30)10-7-11-20(23)28(21)14-17-8-5-4-6-9-17/h4-13,15,26,31H,14H2,1-3H3,(H2,27,30). The van der Waals surface area contributed by atoms with E-state index in [4.69, 9.17) is 10.5 Å². The molecule has 33 heavy (non-hydrogen) atoms. The van der Waals surface area contributed by atoms with Crippen molar-refractivity contribution < 1.29 is 19.4 Å². The van der Waals surface area contributed by atoms with Crippen LogP contribution < -0.4 is 10.5 Å². The van der Waals surface area contributed by atoms with Gasteiger partial charge in [0.05, 0.1) is 31.7 Å². The Balaban J connectivity index is 2.09. The van der Waals surface area contributed by atoms with Crippen LogP contribution in [0.2, 0.25) is 5.54 Å². The van der Waals surface area contributed by atoms with Crippen LogP contribution in [0.5, 0.6) is 5.75 Å². The number of hydrogen-bond donors (Lipinski definition) is 2. The molecule has 0 aliphatic rings. The molecule has 2 radical (unpaired) electrons. The highest BCUT2D eigenvalue weighted by molar-refractivity contribution is 6.38. The molecule has 1 heterocycles. The van der Waals surface area contributed by atoms with Crippen LogP contribution in [0, 0.1) is 0 Å². The van der Waals surface area contributed by atoms with E-state index in [1.165, 1.54) is 6.92 Å². The van der Waals surface area contributed by atoms with E-state index >= 15 is 0 Å². The fraction of sp³-hybridized carbons (Fsp3) is 0.231. The monoisotopic (exact) mass is 458 g/mol. The summed E-state index contributed by atoms with van der Waals surface area (Å²) in [4.78, 5) is 24.3. The van der Waals surface area contributed by atoms with Crippen molar-refractivity contribution in [1.82, 2.24) is 4.57 Å². The number of carbonyl (C=O) groups is 2. The Morgan fingerprint density at radius 2 is 1.76 bits per heavy atom. The van der Waals surface area contributed by atoms with Gasteiger partial charge in [0.15, 0.2) is 0 Å². The SMILES string of the molecule is CC(=O)Oc1cc(C(O)[Si]C(C)C)cc2c1c1c(C(N)=O)cccc1n2Cc1ccccc1. The van der Waals surface area contributed by atoms with Crippen LogP contribution in [0.15, 0.2) is 60.7 Å². The van der Waals surface area contributed by atoms with E-state index in [1.807, 2.05) is 42.5 Å². The van der Waals surface area contributed by atoms with Gasteiger partial charge in [-0.2, -0.15) is 0 Å². The Hall–Kier alpha value is -3.42. The second kappa shape index (κ2) is 9.21. The lowest BCUT2D eigenvalue weighted by atomic mass is 10.0. The first-order valence-corrected chi connectivity index (χ1v) is 12.0. The number of aliphatic hydroxyl groups excluding tert-OH is 1. The van der Waals surface area contributed by atoms with Crippen molar-refractivity contribution >= 4 is 43.2 Å². The molecule has 7 heteroatoms. The van der Waals surface area contributed by atoms with Gasteiger partial charge in [0.25, 0.3) is 0 Å². The smallest absolute Gasteiger partial charge is 0.308 e. The summed E-state index contributed by atoms with van der Waals surface area (Å²) < 4.78 is 7.69. The normalized spacial score (nSPS) is 12.4. The summed E-state index contributed by atoms with van der Waals surface area (Å²) in [6, 6.07) is 19.0. The number of hydrogen-bond acceptors (Lipinski definition) is 4. The molecule has 168 valence electrons. The molecule has 1 amide bonds. The molecule has 1 unspecified atom stereocenters. The Morgan fingerprint density at radius 1 is 1.03 bits per heavy atom. The predicted octanol–water partition coefficient (Wildman–Crippen LogP) is 4.39. The van der Waals surface area contributed by atoms with Gasteiger partial charge in [0.1, 0.15) is 5.75 Å². The number of nitrogens with two attached hydrogens (primary N) is 1. The van der Waals surface area contributed by atoms with Crippen LogP contribution in [0.1, 0.15) is 48.0 Å². The number of aromatic nitrogens is 1. The molecule has 6 nitrogen and oxygen atoms in total. The van der Waals surface area contributed by atoms with Crippen molar-refractivity contribution in [2.24, 2.45) is 5.73 Å². The molecule has 0 saturated carbocycles. The van der Waals surface area contributed by atoms with Crippen molar-refractivity contribution in [2.75, 3.05) is 0 Å². The number of benzene rings is 3. The topological polar surface area (TPSA) is 94.6 Å². The fourth-order valence-electron chi connectivity index (χ4n) is 4.19. The summed E-state index contributed by atoms with van der Waals surface area (Å²) in [5.74, 6) is -0.721. The van der Waals surface area contributed by atoms with Crippen molar-refractivity contribution in [3.63, 3.8) is 0 Å². The number of nitrogens with zero attached hydrogens (tertiary/aromatic N) is 1. The quantitative estimate of drug-likeness (QED) is 0.244. The number of carbonyl (C=O) groups excluding carboxylic acids is 2. The third-order valence-electron chi connectivity index (χ3n) is 5.49. The minimum absolute atomic E-state index is 0.288. The molecule has 4 aromatic rings. The first kappa shape index (κ1) is 22.8. The number of ether oxygens (including phenoxy) is 1. The zero-order valence-corrected chi connectivity index (χ0v) is 19.8. The van der Waals surface area contributed by atoms with Gasteiger partial charge in [-0.3, -0.25) is 9.59 Å². The highest BCUT2D eigenvalue weighted by atomic mass is 28.2. The van der Waals surface area contributed by atoms with Gasteiger partial charge >= 0.3 is 5.97 Å². The van der Waals surface area contributed by atoms with E-state index in [1.54, 1.807) is 18.2 Å². The van der Waals surface area contributed by atoms with Crippen LogP contribution in [0.3, 0.4) is 0 Å². The number of rotatable bonds is 7. The minimum Gasteiger partial charge on any atom is -0.426 e. The van der Waals surface area contributed by atoms with Gasteiger partial charge in [-0.15, -0.1) is 0 Å². The molecule has 1 atom stereocenters. The highest BCUT2D eigenvalue weighted by Gasteiger charge is 2.23. The molecule has 0 saturated heterocycles. The van der Waals surface area contributed by atoms with Crippen LogP contribution in [0.4, 0.5) is 0 Å². The van der Waals surface area contributed by atoms with Crippen molar-refractivity contribution in [3.05, 3.63) is 77.4 Å². The molecular weight excluding hydrogens is 432 g/mol. The Kier molecular flexibility index (Phi) is 6.35. The average molecular weight is 459 g/mol. The summed E-state index contributed by atoms with van der Waals surface area (Å²) in [6.07, 6.45) is 0. The summed E-state index contributed by atoms with van der Waals surface area (Å²) >= 11 is 0.